The molecule has 0 fully saturated rings. The summed E-state index contributed by atoms with van der Waals surface area (Å²) in [4.78, 5) is 10.3. The van der Waals surface area contributed by atoms with Crippen LogP contribution in [0.1, 0.15) is 11.1 Å². The number of hydrogen-bond donors (Lipinski definition) is 1. The predicted octanol–water partition coefficient (Wildman–Crippen LogP) is 2.87. The lowest BCUT2D eigenvalue weighted by atomic mass is 10.2. The fraction of sp³-hybridized carbons (Fsp3) is 0.364. The Morgan fingerprint density at radius 1 is 1.20 bits per heavy atom. The van der Waals surface area contributed by atoms with E-state index in [0.717, 1.165) is 11.5 Å². The maximum atomic E-state index is 10.3. The Balaban J connectivity index is 2.39. The fourth-order valence-electron chi connectivity index (χ4n) is 1.15. The highest BCUT2D eigenvalue weighted by Crippen LogP contribution is 2.15. The third-order valence-corrected chi connectivity index (χ3v) is 3.44. The Bertz CT molecular complexity index is 309. The molecular formula is C11H14O2S2. The zero-order valence-electron chi connectivity index (χ0n) is 8.60. The molecule has 82 valence electrons. The number of benzene rings is 1. The molecular weight excluding hydrogens is 228 g/mol. The van der Waals surface area contributed by atoms with Crippen molar-refractivity contribution in [2.75, 3.05) is 12.0 Å². The van der Waals surface area contributed by atoms with Crippen molar-refractivity contribution in [1.29, 1.82) is 0 Å². The van der Waals surface area contributed by atoms with E-state index in [-0.39, 0.29) is 5.75 Å². The van der Waals surface area contributed by atoms with Gasteiger partial charge in [0.15, 0.2) is 0 Å². The van der Waals surface area contributed by atoms with E-state index >= 15 is 0 Å². The van der Waals surface area contributed by atoms with Gasteiger partial charge in [-0.2, -0.15) is 11.8 Å². The van der Waals surface area contributed by atoms with E-state index in [9.17, 15) is 4.79 Å². The molecule has 0 spiro atoms. The van der Waals surface area contributed by atoms with Crippen molar-refractivity contribution in [1.82, 2.24) is 0 Å². The molecule has 0 bridgehead atoms. The van der Waals surface area contributed by atoms with Crippen LogP contribution in [0.15, 0.2) is 24.3 Å². The first-order valence-electron chi connectivity index (χ1n) is 4.58. The smallest absolute Gasteiger partial charge is 0.313 e. The molecule has 0 saturated carbocycles. The van der Waals surface area contributed by atoms with Crippen LogP contribution in [0.5, 0.6) is 0 Å². The van der Waals surface area contributed by atoms with Crippen LogP contribution < -0.4 is 0 Å². The zero-order valence-corrected chi connectivity index (χ0v) is 10.2. The summed E-state index contributed by atoms with van der Waals surface area (Å²) in [5.74, 6) is 1.22. The lowest BCUT2D eigenvalue weighted by Crippen LogP contribution is -1.98. The number of hydrogen-bond acceptors (Lipinski definition) is 3. The lowest BCUT2D eigenvalue weighted by molar-refractivity contribution is -0.133. The van der Waals surface area contributed by atoms with E-state index < -0.39 is 5.97 Å². The van der Waals surface area contributed by atoms with Crippen molar-refractivity contribution in [2.24, 2.45) is 0 Å². The van der Waals surface area contributed by atoms with Gasteiger partial charge in [-0.1, -0.05) is 24.3 Å². The second-order valence-electron chi connectivity index (χ2n) is 3.14. The highest BCUT2D eigenvalue weighted by atomic mass is 32.2. The van der Waals surface area contributed by atoms with Gasteiger partial charge in [-0.3, -0.25) is 4.79 Å². The second-order valence-corrected chi connectivity index (χ2v) is 4.99. The van der Waals surface area contributed by atoms with E-state index in [1.165, 1.54) is 22.9 Å². The molecule has 0 unspecified atom stereocenters. The van der Waals surface area contributed by atoms with Gasteiger partial charge in [0.05, 0.1) is 5.75 Å². The minimum Gasteiger partial charge on any atom is -0.481 e. The topological polar surface area (TPSA) is 37.3 Å². The Labute approximate surface area is 98.5 Å². The summed E-state index contributed by atoms with van der Waals surface area (Å²) in [5, 5.41) is 8.48. The lowest BCUT2D eigenvalue weighted by Gasteiger charge is -2.02. The third-order valence-electron chi connectivity index (χ3n) is 1.83. The Morgan fingerprint density at radius 3 is 2.20 bits per heavy atom. The van der Waals surface area contributed by atoms with Gasteiger partial charge in [0.25, 0.3) is 0 Å². The van der Waals surface area contributed by atoms with Crippen molar-refractivity contribution < 1.29 is 9.90 Å². The highest BCUT2D eigenvalue weighted by molar-refractivity contribution is 7.99. The van der Waals surface area contributed by atoms with Gasteiger partial charge in [-0.05, 0) is 17.4 Å². The summed E-state index contributed by atoms with van der Waals surface area (Å²) < 4.78 is 0. The summed E-state index contributed by atoms with van der Waals surface area (Å²) >= 11 is 3.23. The summed E-state index contributed by atoms with van der Waals surface area (Å²) in [6.07, 6.45) is 2.08. The Kier molecular flexibility index (Phi) is 5.65. The molecule has 1 N–H and O–H groups in total. The summed E-state index contributed by atoms with van der Waals surface area (Å²) in [7, 11) is 0. The fourth-order valence-corrected chi connectivity index (χ4v) is 2.39. The van der Waals surface area contributed by atoms with Crippen molar-refractivity contribution in [2.45, 2.75) is 11.5 Å². The molecule has 0 aliphatic carbocycles. The van der Waals surface area contributed by atoms with Gasteiger partial charge >= 0.3 is 5.97 Å². The van der Waals surface area contributed by atoms with Crippen molar-refractivity contribution >= 4 is 29.5 Å². The molecule has 15 heavy (non-hydrogen) atoms. The number of carboxylic acids is 1. The minimum atomic E-state index is -0.751. The highest BCUT2D eigenvalue weighted by Gasteiger charge is 1.98. The molecule has 0 saturated heterocycles. The van der Waals surface area contributed by atoms with Crippen molar-refractivity contribution in [3.05, 3.63) is 35.4 Å². The van der Waals surface area contributed by atoms with Crippen LogP contribution in [-0.2, 0) is 16.3 Å². The van der Waals surface area contributed by atoms with Gasteiger partial charge in [0.2, 0.25) is 0 Å². The van der Waals surface area contributed by atoms with E-state index in [4.69, 9.17) is 5.11 Å². The average Bonchev–Trinajstić information content (AvgIpc) is 2.20. The van der Waals surface area contributed by atoms with Gasteiger partial charge < -0.3 is 5.11 Å². The van der Waals surface area contributed by atoms with Gasteiger partial charge in [0.1, 0.15) is 0 Å². The molecule has 0 atom stereocenters. The maximum Gasteiger partial charge on any atom is 0.313 e. The van der Waals surface area contributed by atoms with E-state index in [0.29, 0.717) is 0 Å². The Hall–Kier alpha value is -0.610. The number of aliphatic carboxylic acids is 1. The first-order valence-corrected chi connectivity index (χ1v) is 7.13. The summed E-state index contributed by atoms with van der Waals surface area (Å²) in [5.41, 5.74) is 2.50. The monoisotopic (exact) mass is 242 g/mol. The van der Waals surface area contributed by atoms with E-state index in [1.807, 2.05) is 0 Å². The SMILES string of the molecule is CSCc1ccc(CSCC(=O)O)cc1. The van der Waals surface area contributed by atoms with Crippen LogP contribution in [0.4, 0.5) is 0 Å². The predicted molar refractivity (Wildman–Crippen MR) is 67.5 cm³/mol. The molecule has 0 amide bonds. The van der Waals surface area contributed by atoms with Crippen molar-refractivity contribution in [3.63, 3.8) is 0 Å². The van der Waals surface area contributed by atoms with Crippen LogP contribution in [0, 0.1) is 0 Å². The number of thioether (sulfide) groups is 2. The van der Waals surface area contributed by atoms with E-state index in [2.05, 4.69) is 30.5 Å². The number of carbonyl (C=O) groups is 1. The van der Waals surface area contributed by atoms with Crippen LogP contribution in [0.25, 0.3) is 0 Å². The van der Waals surface area contributed by atoms with Crippen LogP contribution in [0.3, 0.4) is 0 Å². The third kappa shape index (κ3) is 5.14. The Morgan fingerprint density at radius 2 is 1.73 bits per heavy atom. The molecule has 2 nitrogen and oxygen atoms in total. The molecule has 0 aliphatic rings. The largest absolute Gasteiger partial charge is 0.481 e. The molecule has 0 heterocycles. The van der Waals surface area contributed by atoms with Crippen LogP contribution in [0.2, 0.25) is 0 Å². The average molecular weight is 242 g/mol. The minimum absolute atomic E-state index is 0.173. The molecule has 0 radical (unpaired) electrons. The maximum absolute atomic E-state index is 10.3. The van der Waals surface area contributed by atoms with Crippen LogP contribution >= 0.6 is 23.5 Å². The van der Waals surface area contributed by atoms with Crippen LogP contribution in [-0.4, -0.2) is 23.1 Å². The van der Waals surface area contributed by atoms with Gasteiger partial charge in [-0.15, -0.1) is 11.8 Å². The quantitative estimate of drug-likeness (QED) is 0.832. The first kappa shape index (κ1) is 12.5. The molecule has 1 aromatic rings. The summed E-state index contributed by atoms with van der Waals surface area (Å²) in [6, 6.07) is 8.35. The first-order chi connectivity index (χ1) is 7.22. The summed E-state index contributed by atoms with van der Waals surface area (Å²) in [6.45, 7) is 0. The van der Waals surface area contributed by atoms with Gasteiger partial charge in [-0.25, -0.2) is 0 Å². The zero-order chi connectivity index (χ0) is 11.1. The normalized spacial score (nSPS) is 10.2. The number of carboxylic acid groups (broad SMARTS) is 1. The van der Waals surface area contributed by atoms with E-state index in [1.54, 1.807) is 11.8 Å². The molecule has 4 heteroatoms. The number of rotatable bonds is 6. The van der Waals surface area contributed by atoms with Gasteiger partial charge in [0, 0.05) is 11.5 Å². The molecule has 0 aliphatic heterocycles. The standard InChI is InChI=1S/C11H14O2S2/c1-14-6-9-2-4-10(5-3-9)7-15-8-11(12)13/h2-5H,6-8H2,1H3,(H,12,13). The second kappa shape index (κ2) is 6.80. The molecule has 1 aromatic carbocycles. The molecule has 0 aromatic heterocycles. The molecule has 1 rings (SSSR count). The van der Waals surface area contributed by atoms with Crippen molar-refractivity contribution in [3.8, 4) is 0 Å².